The number of nitrogen functional groups attached to an aromatic ring is 1. The van der Waals surface area contributed by atoms with Crippen LogP contribution in [0, 0.1) is 142 Å². The van der Waals surface area contributed by atoms with Crippen molar-refractivity contribution >= 4 is 52.3 Å². The molecule has 0 unspecified atom stereocenters. The number of nitrogens with two attached hydrogens (primary N) is 2. The lowest BCUT2D eigenvalue weighted by Gasteiger charge is -2.29. The van der Waals surface area contributed by atoms with Crippen molar-refractivity contribution < 1.29 is 26.2 Å². The highest BCUT2D eigenvalue weighted by Gasteiger charge is 2.18. The molecule has 12 nitrogen and oxygen atoms in total. The Hall–Kier alpha value is -8.46. The highest BCUT2D eigenvalue weighted by molar-refractivity contribution is 7.51. The molecule has 0 spiro atoms. The second-order valence-corrected chi connectivity index (χ2v) is 12.1. The fourth-order valence-corrected chi connectivity index (χ4v) is 5.23. The number of benzene rings is 1. The van der Waals surface area contributed by atoms with Gasteiger partial charge in [0.25, 0.3) is 5.91 Å². The largest absolute Gasteiger partial charge is 0.478 e. The molecule has 1 aromatic carbocycles. The number of thiophene rings is 1. The minimum atomic E-state index is -0.0453. The number of nitrogens with zero attached hydrogens (tertiary/aromatic N) is 5. The van der Waals surface area contributed by atoms with E-state index < -0.39 is 0 Å². The molecule has 1 amide bonds. The normalized spacial score (nSPS) is 10.3. The van der Waals surface area contributed by atoms with Crippen LogP contribution < -0.4 is 27.7 Å². The van der Waals surface area contributed by atoms with E-state index in [1.54, 1.807) is 11.7 Å². The van der Waals surface area contributed by atoms with Gasteiger partial charge in [-0.1, -0.05) is 21.3 Å². The van der Waals surface area contributed by atoms with Gasteiger partial charge in [-0.15, -0.1) is 24.2 Å². The Kier molecular flexibility index (Phi) is 22.8. The summed E-state index contributed by atoms with van der Waals surface area (Å²) in [7, 11) is 2.17. The van der Waals surface area contributed by atoms with Crippen LogP contribution in [0.4, 0.5) is 11.5 Å². The molecule has 1 fully saturated rings. The summed E-state index contributed by atoms with van der Waals surface area (Å²) in [6, 6.07) is 9.91. The summed E-state index contributed by atoms with van der Waals surface area (Å²) in [5.74, 6) is 53.8. The minimum absolute atomic E-state index is 0. The number of carbonyl (C=O) groups excluding carboxylic acids is 1. The zero-order valence-corrected chi connectivity index (χ0v) is 32.7. The molecule has 14 heteroatoms. The minimum Gasteiger partial charge on any atom is -0.478 e. The first-order chi connectivity index (χ1) is 28.3. The van der Waals surface area contributed by atoms with Crippen LogP contribution in [0.2, 0.25) is 0 Å². The van der Waals surface area contributed by atoms with Gasteiger partial charge in [-0.3, -0.25) is 10.6 Å². The number of piperidine rings is 1. The quantitative estimate of drug-likeness (QED) is 0.0474. The third kappa shape index (κ3) is 20.1. The predicted octanol–water partition coefficient (Wildman–Crippen LogP) is 5.77. The molecule has 0 radical (unpaired) electrons. The lowest BCUT2D eigenvalue weighted by Crippen LogP contribution is -2.33. The van der Waals surface area contributed by atoms with Crippen LogP contribution >= 0.6 is 11.3 Å². The molecule has 1 aliphatic rings. The van der Waals surface area contributed by atoms with E-state index in [0.29, 0.717) is 18.3 Å². The number of fused-ring (bicyclic) bond motifs is 1. The monoisotopic (exact) mass is 820 g/mol. The van der Waals surface area contributed by atoms with Crippen molar-refractivity contribution in [3.05, 3.63) is 57.3 Å². The van der Waals surface area contributed by atoms with E-state index in [1.807, 2.05) is 35.7 Å². The topological polar surface area (TPSA) is 166 Å². The number of hydrogen-bond acceptors (Lipinski definition) is 10. The maximum Gasteiger partial charge on any atom is 0.263 e. The molecule has 3 heterocycles. The van der Waals surface area contributed by atoms with Gasteiger partial charge in [-0.2, -0.15) is 0 Å². The van der Waals surface area contributed by atoms with Gasteiger partial charge in [0, 0.05) is 65.5 Å². The molecular formula is C44H56N10O2S2. The maximum atomic E-state index is 12.7. The van der Waals surface area contributed by atoms with Crippen LogP contribution in [0.1, 0.15) is 45.2 Å². The van der Waals surface area contributed by atoms with Crippen LogP contribution in [-0.2, 0) is 19.4 Å². The average molecular weight is 821 g/mol. The van der Waals surface area contributed by atoms with Crippen molar-refractivity contribution in [1.29, 1.82) is 0 Å². The number of rotatable bonds is 8. The van der Waals surface area contributed by atoms with Gasteiger partial charge in [0.05, 0.1) is 10.9 Å². The van der Waals surface area contributed by atoms with Crippen molar-refractivity contribution in [2.75, 3.05) is 37.7 Å². The van der Waals surface area contributed by atoms with Crippen LogP contribution in [0.15, 0.2) is 52.4 Å². The van der Waals surface area contributed by atoms with Crippen LogP contribution in [0.3, 0.4) is 0 Å². The number of likely N-dealkylation sites (tertiary alicyclic amines) is 1. The average Bonchev–Trinajstić information content (AvgIpc) is 3.71. The molecule has 2 aromatic heterocycles. The molecule has 0 bridgehead atoms. The molecule has 1 saturated heterocycles. The highest BCUT2D eigenvalue weighted by atomic mass is 32.1. The number of anilines is 2. The van der Waals surface area contributed by atoms with Gasteiger partial charge < -0.3 is 34.1 Å². The SMILES string of the molecule is C#CC#CC#CC#CC#CC#CC#CC#CC#CC#CC#C.CN1CCC(CNc2ccsc2C(=O)NCc2ccc3c(N)nccc3c2)CC1.NN=NN[N+](=O)[S-].[HH].[HH].[HH].[HH].[HH].[HH].[HH].[HH].[HH].[HH].[HH].[HH]. The summed E-state index contributed by atoms with van der Waals surface area (Å²) >= 11 is 5.38. The number of carbonyl (C=O) groups is 1. The lowest BCUT2D eigenvalue weighted by molar-refractivity contribution is -0.444. The molecule has 3 aromatic rings. The Labute approximate surface area is 366 Å². The molecule has 4 rings (SSSR count). The van der Waals surface area contributed by atoms with E-state index in [4.69, 9.17) is 18.6 Å². The fraction of sp³-hybridized carbons (Fsp3) is 0.182. The van der Waals surface area contributed by atoms with E-state index >= 15 is 0 Å². The number of pyridine rings is 1. The summed E-state index contributed by atoms with van der Waals surface area (Å²) in [6.45, 7) is 3.70. The van der Waals surface area contributed by atoms with Crippen molar-refractivity contribution in [1.82, 2.24) is 20.7 Å². The van der Waals surface area contributed by atoms with Gasteiger partial charge in [-0.25, -0.2) is 4.98 Å². The van der Waals surface area contributed by atoms with E-state index in [-0.39, 0.29) is 27.3 Å². The molecule has 1 aliphatic heterocycles. The van der Waals surface area contributed by atoms with Gasteiger partial charge in [0.15, 0.2) is 5.22 Å². The maximum absolute atomic E-state index is 12.7. The summed E-state index contributed by atoms with van der Waals surface area (Å²) in [5.41, 5.74) is 9.60. The standard InChI is InChI=1S/C22H27N5OS.C22H2.H3N5OS.12H2/c1-27-9-5-15(6-10-27)13-25-19-7-11-29-20(19)22(28)26-14-16-2-3-18-17(12-16)4-8-24-21(18)23;1-3-5-7-9-11-13-15-17-19-21-22-20-18-16-14-12-10-8-6-4-2;1-2-3-4-5(6)7;;;;;;;;;;;;/h2-4,7-8,11-12,15,25H,5-6,9-10,13-14H2,1H3,(H2,23,24)(H,26,28);1-2H;(H2,1,3)(H,2,4,6,7);12*1H. The summed E-state index contributed by atoms with van der Waals surface area (Å²) in [5, 5.41) is 16.0. The van der Waals surface area contributed by atoms with Crippen molar-refractivity contribution in [3.63, 3.8) is 0 Å². The Morgan fingerprint density at radius 1 is 0.914 bits per heavy atom. The summed E-state index contributed by atoms with van der Waals surface area (Å²) in [6.07, 6.45) is 13.9. The van der Waals surface area contributed by atoms with Gasteiger partial charge in [-0.05, 0) is 174 Å². The molecular weight excluding hydrogens is 765 g/mol. The van der Waals surface area contributed by atoms with Crippen molar-refractivity contribution in [2.45, 2.75) is 19.4 Å². The van der Waals surface area contributed by atoms with E-state index in [2.05, 4.69) is 175 Å². The van der Waals surface area contributed by atoms with Crippen LogP contribution in [0.25, 0.3) is 10.8 Å². The van der Waals surface area contributed by atoms with Crippen molar-refractivity contribution in [3.8, 4) is 131 Å². The predicted molar refractivity (Wildman–Crippen MR) is 257 cm³/mol. The number of hydrazine groups is 1. The molecule has 306 valence electrons. The van der Waals surface area contributed by atoms with Gasteiger partial charge >= 0.3 is 0 Å². The van der Waals surface area contributed by atoms with Crippen LogP contribution in [0.5, 0.6) is 0 Å². The second-order valence-electron chi connectivity index (χ2n) is 10.8. The van der Waals surface area contributed by atoms with Crippen molar-refractivity contribution in [2.24, 2.45) is 22.2 Å². The zero-order chi connectivity index (χ0) is 42.1. The van der Waals surface area contributed by atoms with E-state index in [9.17, 15) is 9.70 Å². The Morgan fingerprint density at radius 2 is 1.45 bits per heavy atom. The third-order valence-corrected chi connectivity index (χ3v) is 7.99. The molecule has 0 aliphatic carbocycles. The Balaban J connectivity index is -0.0000000861. The number of terminal acetylenes is 2. The molecule has 7 N–H and O–H groups in total. The van der Waals surface area contributed by atoms with E-state index in [0.717, 1.165) is 46.5 Å². The smallest absolute Gasteiger partial charge is 0.263 e. The molecule has 58 heavy (non-hydrogen) atoms. The first kappa shape index (κ1) is 45.7. The second kappa shape index (κ2) is 29.0. The zero-order valence-electron chi connectivity index (χ0n) is 31.0. The first-order valence-electron chi connectivity index (χ1n) is 16.6. The van der Waals surface area contributed by atoms with Crippen LogP contribution in [-0.4, -0.2) is 46.7 Å². The Bertz CT molecular complexity index is 2600. The number of hydrogen-bond donors (Lipinski definition) is 5. The number of aromatic nitrogens is 1. The lowest BCUT2D eigenvalue weighted by atomic mass is 9.97. The molecule has 0 saturated carbocycles. The molecule has 0 atom stereocenters. The summed E-state index contributed by atoms with van der Waals surface area (Å²) in [4.78, 5) is 29.6. The Morgan fingerprint density at radius 3 is 1.93 bits per heavy atom. The third-order valence-electron chi connectivity index (χ3n) is 6.99. The van der Waals surface area contributed by atoms with Gasteiger partial charge in [0.1, 0.15) is 10.7 Å². The highest BCUT2D eigenvalue weighted by Crippen LogP contribution is 2.25. The summed E-state index contributed by atoms with van der Waals surface area (Å²) < 4.78 is -0.0453. The van der Waals surface area contributed by atoms with E-state index in [1.165, 1.54) is 24.2 Å². The first-order valence-corrected chi connectivity index (χ1v) is 17.9. The number of nitrogens with one attached hydrogen (secondary N) is 3. The number of nitroso groups, excluding NO2 is 1. The van der Waals surface area contributed by atoms with Gasteiger partial charge in [0.2, 0.25) is 0 Å². The fourth-order valence-electron chi connectivity index (χ4n) is 4.40. The number of amides is 1.